The summed E-state index contributed by atoms with van der Waals surface area (Å²) in [5, 5.41) is 12.2. The van der Waals surface area contributed by atoms with E-state index in [4.69, 9.17) is 16.3 Å². The van der Waals surface area contributed by atoms with Crippen LogP contribution in [0.3, 0.4) is 0 Å². The van der Waals surface area contributed by atoms with E-state index in [0.29, 0.717) is 24.2 Å². The monoisotopic (exact) mass is 391 g/mol. The maximum atomic E-state index is 13.7. The van der Waals surface area contributed by atoms with Gasteiger partial charge in [-0.3, -0.25) is 9.59 Å². The summed E-state index contributed by atoms with van der Waals surface area (Å²) in [6.45, 7) is 0.338. The number of halogens is 2. The van der Waals surface area contributed by atoms with Crippen LogP contribution in [-0.4, -0.2) is 30.1 Å². The topological polar surface area (TPSA) is 75.6 Å². The molecule has 0 aromatic heterocycles. The van der Waals surface area contributed by atoms with Crippen LogP contribution >= 0.6 is 11.6 Å². The van der Waals surface area contributed by atoms with Gasteiger partial charge in [0.15, 0.2) is 0 Å². The molecule has 2 N–H and O–H groups in total. The highest BCUT2D eigenvalue weighted by molar-refractivity contribution is 6.30. The standard InChI is InChI=1S/C20H19ClFNO4/c21-16-7-6-13(10-17(16)22)18-14(8-9-27-18)19(24)23-11-15(20(25)26)12-4-2-1-3-5-12/h1-7,10,14-15,18H,8-9,11H2,(H,23,24)(H,25,26)/t14-,15?,18+/m1/s1. The molecule has 142 valence electrons. The smallest absolute Gasteiger partial charge is 0.312 e. The van der Waals surface area contributed by atoms with Crippen molar-refractivity contribution in [1.82, 2.24) is 5.32 Å². The van der Waals surface area contributed by atoms with Crippen LogP contribution in [0.25, 0.3) is 0 Å². The largest absolute Gasteiger partial charge is 0.481 e. The summed E-state index contributed by atoms with van der Waals surface area (Å²) in [5.74, 6) is -3.26. The fourth-order valence-electron chi connectivity index (χ4n) is 3.24. The van der Waals surface area contributed by atoms with Crippen LogP contribution in [0.15, 0.2) is 48.5 Å². The molecule has 1 amide bonds. The number of carboxylic acids is 1. The third-order valence-corrected chi connectivity index (χ3v) is 4.99. The van der Waals surface area contributed by atoms with Crippen LogP contribution in [0.5, 0.6) is 0 Å². The normalized spacial score (nSPS) is 20.2. The number of nitrogens with one attached hydrogen (secondary N) is 1. The molecule has 1 saturated heterocycles. The predicted molar refractivity (Wildman–Crippen MR) is 98.0 cm³/mol. The van der Waals surface area contributed by atoms with Crippen molar-refractivity contribution in [2.24, 2.45) is 5.92 Å². The molecule has 0 saturated carbocycles. The summed E-state index contributed by atoms with van der Waals surface area (Å²) in [6, 6.07) is 13.1. The lowest BCUT2D eigenvalue weighted by Crippen LogP contribution is -2.36. The highest BCUT2D eigenvalue weighted by atomic mass is 35.5. The van der Waals surface area contributed by atoms with Gasteiger partial charge in [0.25, 0.3) is 0 Å². The lowest BCUT2D eigenvalue weighted by Gasteiger charge is -2.20. The first kappa shape index (κ1) is 19.3. The molecule has 1 heterocycles. The lowest BCUT2D eigenvalue weighted by atomic mass is 9.93. The van der Waals surface area contributed by atoms with Gasteiger partial charge in [-0.05, 0) is 29.7 Å². The Morgan fingerprint density at radius 3 is 2.67 bits per heavy atom. The van der Waals surface area contributed by atoms with Crippen molar-refractivity contribution in [3.8, 4) is 0 Å². The molecular weight excluding hydrogens is 373 g/mol. The van der Waals surface area contributed by atoms with E-state index in [0.717, 1.165) is 0 Å². The second kappa shape index (κ2) is 8.50. The van der Waals surface area contributed by atoms with Gasteiger partial charge in [-0.25, -0.2) is 4.39 Å². The average Bonchev–Trinajstić information content (AvgIpc) is 3.14. The molecule has 2 aromatic rings. The van der Waals surface area contributed by atoms with Crippen molar-refractivity contribution >= 4 is 23.5 Å². The maximum Gasteiger partial charge on any atom is 0.312 e. The van der Waals surface area contributed by atoms with E-state index in [1.54, 1.807) is 36.4 Å². The van der Waals surface area contributed by atoms with E-state index in [1.165, 1.54) is 12.1 Å². The zero-order chi connectivity index (χ0) is 19.4. The minimum Gasteiger partial charge on any atom is -0.481 e. The van der Waals surface area contributed by atoms with Crippen molar-refractivity contribution in [3.05, 3.63) is 70.5 Å². The van der Waals surface area contributed by atoms with Gasteiger partial charge in [0.1, 0.15) is 5.82 Å². The third-order valence-electron chi connectivity index (χ3n) is 4.68. The number of carbonyl (C=O) groups excluding carboxylic acids is 1. The van der Waals surface area contributed by atoms with Gasteiger partial charge in [0.05, 0.1) is 23.0 Å². The molecule has 27 heavy (non-hydrogen) atoms. The zero-order valence-electron chi connectivity index (χ0n) is 14.4. The number of carbonyl (C=O) groups is 2. The minimum absolute atomic E-state index is 0.00455. The average molecular weight is 392 g/mol. The van der Waals surface area contributed by atoms with Crippen molar-refractivity contribution in [1.29, 1.82) is 0 Å². The number of amides is 1. The molecular formula is C20H19ClFNO4. The summed E-state index contributed by atoms with van der Waals surface area (Å²) in [5.41, 5.74) is 1.15. The minimum atomic E-state index is -1.01. The molecule has 3 rings (SSSR count). The van der Waals surface area contributed by atoms with Gasteiger partial charge in [0, 0.05) is 13.2 Å². The van der Waals surface area contributed by atoms with Crippen molar-refractivity contribution < 1.29 is 23.8 Å². The van der Waals surface area contributed by atoms with E-state index < -0.39 is 29.7 Å². The summed E-state index contributed by atoms with van der Waals surface area (Å²) in [6.07, 6.45) is -0.110. The molecule has 7 heteroatoms. The van der Waals surface area contributed by atoms with Crippen LogP contribution in [-0.2, 0) is 14.3 Å². The third kappa shape index (κ3) is 4.46. The van der Waals surface area contributed by atoms with Gasteiger partial charge in [-0.2, -0.15) is 0 Å². The molecule has 0 bridgehead atoms. The highest BCUT2D eigenvalue weighted by Crippen LogP contribution is 2.36. The first-order valence-electron chi connectivity index (χ1n) is 8.59. The molecule has 3 atom stereocenters. The fraction of sp³-hybridized carbons (Fsp3) is 0.300. The fourth-order valence-corrected chi connectivity index (χ4v) is 3.36. The molecule has 2 aromatic carbocycles. The number of aliphatic carboxylic acids is 1. The van der Waals surface area contributed by atoms with E-state index in [1.807, 2.05) is 0 Å². The van der Waals surface area contributed by atoms with Gasteiger partial charge in [-0.1, -0.05) is 48.0 Å². The summed E-state index contributed by atoms with van der Waals surface area (Å²) >= 11 is 5.71. The molecule has 1 aliphatic heterocycles. The zero-order valence-corrected chi connectivity index (χ0v) is 15.2. The predicted octanol–water partition coefficient (Wildman–Crippen LogP) is 3.54. The number of benzene rings is 2. The quantitative estimate of drug-likeness (QED) is 0.789. The number of rotatable bonds is 6. The lowest BCUT2D eigenvalue weighted by molar-refractivity contribution is -0.138. The molecule has 0 aliphatic carbocycles. The number of carboxylic acid groups (broad SMARTS) is 1. The van der Waals surface area contributed by atoms with Crippen LogP contribution in [0.1, 0.15) is 29.6 Å². The summed E-state index contributed by atoms with van der Waals surface area (Å²) < 4.78 is 19.4. The van der Waals surface area contributed by atoms with Crippen molar-refractivity contribution in [2.75, 3.05) is 13.2 Å². The van der Waals surface area contributed by atoms with Gasteiger partial charge >= 0.3 is 5.97 Å². The van der Waals surface area contributed by atoms with Crippen LogP contribution in [0.4, 0.5) is 4.39 Å². The molecule has 1 aliphatic rings. The Morgan fingerprint density at radius 1 is 1.26 bits per heavy atom. The molecule has 0 radical (unpaired) electrons. The summed E-state index contributed by atoms with van der Waals surface area (Å²) in [4.78, 5) is 24.2. The van der Waals surface area contributed by atoms with Gasteiger partial charge < -0.3 is 15.2 Å². The van der Waals surface area contributed by atoms with Crippen LogP contribution in [0, 0.1) is 11.7 Å². The Bertz CT molecular complexity index is 830. The van der Waals surface area contributed by atoms with Crippen molar-refractivity contribution in [3.63, 3.8) is 0 Å². The molecule has 1 unspecified atom stereocenters. The SMILES string of the molecule is O=C(O)C(CNC(=O)[C@@H]1CCO[C@H]1c1ccc(Cl)c(F)c1)c1ccccc1. The molecule has 5 nitrogen and oxygen atoms in total. The van der Waals surface area contributed by atoms with E-state index in [-0.39, 0.29) is 17.5 Å². The first-order chi connectivity index (χ1) is 13.0. The van der Waals surface area contributed by atoms with E-state index in [9.17, 15) is 19.1 Å². The number of hydrogen-bond acceptors (Lipinski definition) is 3. The second-order valence-electron chi connectivity index (χ2n) is 6.41. The Hall–Kier alpha value is -2.44. The van der Waals surface area contributed by atoms with Gasteiger partial charge in [0.2, 0.25) is 5.91 Å². The molecule has 1 fully saturated rings. The Kier molecular flexibility index (Phi) is 6.08. The van der Waals surface area contributed by atoms with Gasteiger partial charge in [-0.15, -0.1) is 0 Å². The number of hydrogen-bond donors (Lipinski definition) is 2. The second-order valence-corrected chi connectivity index (χ2v) is 6.81. The Labute approximate surface area is 161 Å². The van der Waals surface area contributed by atoms with E-state index in [2.05, 4.69) is 5.32 Å². The van der Waals surface area contributed by atoms with Crippen molar-refractivity contribution in [2.45, 2.75) is 18.4 Å². The van der Waals surface area contributed by atoms with Crippen LogP contribution in [0.2, 0.25) is 5.02 Å². The maximum absolute atomic E-state index is 13.7. The first-order valence-corrected chi connectivity index (χ1v) is 8.97. The number of ether oxygens (including phenoxy) is 1. The van der Waals surface area contributed by atoms with E-state index >= 15 is 0 Å². The molecule has 0 spiro atoms. The Balaban J connectivity index is 1.69. The summed E-state index contributed by atoms with van der Waals surface area (Å²) in [7, 11) is 0. The van der Waals surface area contributed by atoms with Crippen LogP contribution < -0.4 is 5.32 Å². The highest BCUT2D eigenvalue weighted by Gasteiger charge is 2.36. The Morgan fingerprint density at radius 2 is 2.00 bits per heavy atom.